The number of hydrogen-bond acceptors (Lipinski definition) is 5. The molecule has 8 heteroatoms. The zero-order chi connectivity index (χ0) is 32.7. The fraction of sp³-hybridized carbons (Fsp3) is 0.541. The van der Waals surface area contributed by atoms with E-state index in [2.05, 4.69) is 23.8 Å². The number of hydrogen-bond donors (Lipinski definition) is 0. The minimum Gasteiger partial charge on any atom is -0.487 e. The Morgan fingerprint density at radius 1 is 0.822 bits per heavy atom. The van der Waals surface area contributed by atoms with Crippen molar-refractivity contribution in [3.8, 4) is 34.0 Å². The average molecular weight is 627 g/mol. The van der Waals surface area contributed by atoms with Gasteiger partial charge in [-0.05, 0) is 69.4 Å². The van der Waals surface area contributed by atoms with Crippen LogP contribution >= 0.6 is 0 Å². The zero-order valence-corrected chi connectivity index (χ0v) is 27.2. The highest BCUT2D eigenvalue weighted by atomic mass is 19.2. The number of rotatable bonds is 20. The summed E-state index contributed by atoms with van der Waals surface area (Å²) in [4.78, 5) is 21.5. The normalized spacial score (nSPS) is 14.7. The summed E-state index contributed by atoms with van der Waals surface area (Å²) in [6.07, 6.45) is 9.38. The number of carbonyl (C=O) groups excluding carboxylic acids is 1. The third kappa shape index (κ3) is 11.5. The molecule has 0 N–H and O–H groups in total. The summed E-state index contributed by atoms with van der Waals surface area (Å²) in [6, 6.07) is 13.8. The Kier molecular flexibility index (Phi) is 14.8. The molecule has 0 saturated carbocycles. The summed E-state index contributed by atoms with van der Waals surface area (Å²) in [5, 5.41) is 0. The van der Waals surface area contributed by atoms with E-state index >= 15 is 0 Å². The lowest BCUT2D eigenvalue weighted by atomic mass is 9.99. The molecule has 0 aliphatic heterocycles. The first-order valence-corrected chi connectivity index (χ1v) is 16.5. The van der Waals surface area contributed by atoms with E-state index in [4.69, 9.17) is 9.47 Å². The summed E-state index contributed by atoms with van der Waals surface area (Å²) >= 11 is 0. The van der Waals surface area contributed by atoms with Crippen molar-refractivity contribution in [2.24, 2.45) is 0 Å². The summed E-state index contributed by atoms with van der Waals surface area (Å²) < 4.78 is 55.2. The molecule has 1 heterocycles. The largest absolute Gasteiger partial charge is 0.487 e. The highest BCUT2D eigenvalue weighted by molar-refractivity contribution is 5.81. The molecule has 4 unspecified atom stereocenters. The Morgan fingerprint density at radius 3 is 2.07 bits per heavy atom. The van der Waals surface area contributed by atoms with Gasteiger partial charge < -0.3 is 9.47 Å². The van der Waals surface area contributed by atoms with Crippen molar-refractivity contribution in [1.82, 2.24) is 9.97 Å². The average Bonchev–Trinajstić information content (AvgIpc) is 3.04. The molecule has 4 atom stereocenters. The van der Waals surface area contributed by atoms with E-state index in [-0.39, 0.29) is 12.2 Å². The fourth-order valence-electron chi connectivity index (χ4n) is 5.15. The molecule has 2 aromatic carbocycles. The number of nitrogens with zero attached hydrogens (tertiary/aromatic N) is 2. The topological polar surface area (TPSA) is 61.3 Å². The molecule has 0 radical (unpaired) electrons. The third-order valence-electron chi connectivity index (χ3n) is 8.02. The SMILES string of the molecule is CCCCCCCCC(C)(F)C(=O)Oc1ccc(-c2cnc(-c3ccccc3OC(CCCCCC)C(F)C(C)F)nc2)cc1. The van der Waals surface area contributed by atoms with Crippen molar-refractivity contribution in [2.75, 3.05) is 0 Å². The number of unbranched alkanes of at least 4 members (excludes halogenated alkanes) is 8. The van der Waals surface area contributed by atoms with Gasteiger partial charge in [-0.1, -0.05) is 89.5 Å². The number of halogens is 3. The Balaban J connectivity index is 1.64. The summed E-state index contributed by atoms with van der Waals surface area (Å²) in [6.45, 7) is 6.75. The number of esters is 1. The van der Waals surface area contributed by atoms with Gasteiger partial charge in [0.25, 0.3) is 0 Å². The van der Waals surface area contributed by atoms with E-state index in [9.17, 15) is 18.0 Å². The maximum atomic E-state index is 15.0. The lowest BCUT2D eigenvalue weighted by molar-refractivity contribution is -0.147. The number of para-hydroxylation sites is 1. The first kappa shape index (κ1) is 36.1. The second-order valence-electron chi connectivity index (χ2n) is 12.0. The molecule has 0 fully saturated rings. The van der Waals surface area contributed by atoms with Gasteiger partial charge in [-0.3, -0.25) is 0 Å². The van der Waals surface area contributed by atoms with E-state index in [0.29, 0.717) is 30.0 Å². The molecule has 3 aromatic rings. The van der Waals surface area contributed by atoms with Crippen LogP contribution in [-0.2, 0) is 4.79 Å². The van der Waals surface area contributed by atoms with Crippen molar-refractivity contribution in [3.63, 3.8) is 0 Å². The van der Waals surface area contributed by atoms with Gasteiger partial charge in [-0.15, -0.1) is 0 Å². The Labute approximate surface area is 267 Å². The lowest BCUT2D eigenvalue weighted by Crippen LogP contribution is -2.34. The van der Waals surface area contributed by atoms with Gasteiger partial charge in [0.15, 0.2) is 12.0 Å². The Hall–Kier alpha value is -3.42. The van der Waals surface area contributed by atoms with Crippen LogP contribution in [0.25, 0.3) is 22.5 Å². The smallest absolute Gasteiger partial charge is 0.348 e. The standard InChI is InChI=1S/C37H49F3N2O3/c1-5-7-9-11-12-16-24-37(4,40)36(43)44-30-22-20-28(21-23-30)29-25-41-35(42-26-29)31-17-14-15-18-32(31)45-33(34(39)27(3)38)19-13-10-8-6-2/h14-15,17-18,20-23,25-27,33-34H,5-13,16,19,24H2,1-4H3. The molecule has 0 bridgehead atoms. The summed E-state index contributed by atoms with van der Waals surface area (Å²) in [7, 11) is 0. The van der Waals surface area contributed by atoms with Crippen molar-refractivity contribution in [1.29, 1.82) is 0 Å². The minimum absolute atomic E-state index is 0.136. The molecule has 5 nitrogen and oxygen atoms in total. The van der Waals surface area contributed by atoms with Crippen LogP contribution in [0.2, 0.25) is 0 Å². The number of aromatic nitrogens is 2. The molecule has 0 amide bonds. The predicted molar refractivity (Wildman–Crippen MR) is 175 cm³/mol. The van der Waals surface area contributed by atoms with Crippen molar-refractivity contribution >= 4 is 5.97 Å². The number of ether oxygens (including phenoxy) is 2. The molecule has 0 aliphatic carbocycles. The number of benzene rings is 2. The van der Waals surface area contributed by atoms with Gasteiger partial charge in [-0.25, -0.2) is 27.9 Å². The van der Waals surface area contributed by atoms with E-state index in [1.165, 1.54) is 20.3 Å². The van der Waals surface area contributed by atoms with Crippen LogP contribution in [0.5, 0.6) is 11.5 Å². The van der Waals surface area contributed by atoms with Gasteiger partial charge >= 0.3 is 5.97 Å². The van der Waals surface area contributed by atoms with E-state index < -0.39 is 30.1 Å². The molecular formula is C37H49F3N2O3. The molecule has 0 aliphatic rings. The molecule has 3 rings (SSSR count). The zero-order valence-electron chi connectivity index (χ0n) is 27.2. The second-order valence-corrected chi connectivity index (χ2v) is 12.0. The Bertz CT molecular complexity index is 1280. The van der Waals surface area contributed by atoms with Crippen LogP contribution < -0.4 is 9.47 Å². The van der Waals surface area contributed by atoms with E-state index in [1.54, 1.807) is 54.9 Å². The minimum atomic E-state index is -2.04. The highest BCUT2D eigenvalue weighted by Gasteiger charge is 2.34. The fourth-order valence-corrected chi connectivity index (χ4v) is 5.15. The van der Waals surface area contributed by atoms with Crippen LogP contribution in [0.15, 0.2) is 60.9 Å². The van der Waals surface area contributed by atoms with Crippen LogP contribution in [0.3, 0.4) is 0 Å². The molecule has 45 heavy (non-hydrogen) atoms. The van der Waals surface area contributed by atoms with Crippen LogP contribution in [0, 0.1) is 0 Å². The lowest BCUT2D eigenvalue weighted by Gasteiger charge is -2.24. The molecule has 0 spiro atoms. The number of alkyl halides is 3. The van der Waals surface area contributed by atoms with E-state index in [1.807, 2.05) is 6.07 Å². The van der Waals surface area contributed by atoms with Crippen molar-refractivity contribution in [3.05, 3.63) is 60.9 Å². The van der Waals surface area contributed by atoms with E-state index in [0.717, 1.165) is 62.5 Å². The van der Waals surface area contributed by atoms with Gasteiger partial charge in [0.05, 0.1) is 5.56 Å². The first-order valence-electron chi connectivity index (χ1n) is 16.5. The van der Waals surface area contributed by atoms with Crippen molar-refractivity contribution in [2.45, 2.75) is 129 Å². The van der Waals surface area contributed by atoms with Gasteiger partial charge in [0.2, 0.25) is 5.67 Å². The summed E-state index contributed by atoms with van der Waals surface area (Å²) in [5.41, 5.74) is 0.0404. The molecular weight excluding hydrogens is 577 g/mol. The maximum absolute atomic E-state index is 15.0. The van der Waals surface area contributed by atoms with Crippen LogP contribution in [-0.4, -0.2) is 40.1 Å². The quantitative estimate of drug-likeness (QED) is 0.0709. The molecule has 246 valence electrons. The first-order chi connectivity index (χ1) is 21.7. The maximum Gasteiger partial charge on any atom is 0.348 e. The Morgan fingerprint density at radius 2 is 1.42 bits per heavy atom. The van der Waals surface area contributed by atoms with Gasteiger partial charge in [0, 0.05) is 18.0 Å². The van der Waals surface area contributed by atoms with Crippen molar-refractivity contribution < 1.29 is 27.4 Å². The highest BCUT2D eigenvalue weighted by Crippen LogP contribution is 2.32. The summed E-state index contributed by atoms with van der Waals surface area (Å²) in [5.74, 6) is 0.162. The monoisotopic (exact) mass is 626 g/mol. The van der Waals surface area contributed by atoms with Gasteiger partial charge in [-0.2, -0.15) is 0 Å². The molecule has 0 saturated heterocycles. The second kappa shape index (κ2) is 18.5. The van der Waals surface area contributed by atoms with Crippen LogP contribution in [0.4, 0.5) is 13.2 Å². The molecule has 1 aromatic heterocycles. The van der Waals surface area contributed by atoms with Crippen LogP contribution in [0.1, 0.15) is 105 Å². The predicted octanol–water partition coefficient (Wildman–Crippen LogP) is 10.6. The van der Waals surface area contributed by atoms with Gasteiger partial charge in [0.1, 0.15) is 23.8 Å². The number of carbonyl (C=O) groups is 1. The third-order valence-corrected chi connectivity index (χ3v) is 8.02.